The van der Waals surface area contributed by atoms with Gasteiger partial charge in [0, 0.05) is 11.6 Å². The third-order valence-corrected chi connectivity index (χ3v) is 3.38. The van der Waals surface area contributed by atoms with E-state index in [1.165, 1.54) is 26.2 Å². The number of rotatable bonds is 5. The van der Waals surface area contributed by atoms with Gasteiger partial charge in [0.1, 0.15) is 11.6 Å². The molecule has 0 aromatic heterocycles. The fourth-order valence-corrected chi connectivity index (χ4v) is 1.95. The number of hydrazine groups is 1. The van der Waals surface area contributed by atoms with Crippen molar-refractivity contribution in [1.82, 2.24) is 10.9 Å². The maximum atomic E-state index is 13.8. The molecule has 2 amide bonds. The number of carbonyl (C=O) groups excluding carboxylic acids is 3. The third-order valence-electron chi connectivity index (χ3n) is 3.38. The lowest BCUT2D eigenvalue weighted by Crippen LogP contribution is -2.46. The molecule has 1 atom stereocenters. The lowest BCUT2D eigenvalue weighted by molar-refractivity contribution is -0.129. The van der Waals surface area contributed by atoms with Gasteiger partial charge in [0.25, 0.3) is 11.8 Å². The third kappa shape index (κ3) is 4.79. The molecule has 0 radical (unpaired) electrons. The average molecular weight is 360 g/mol. The maximum Gasteiger partial charge on any atom is 0.341 e. The number of benzene rings is 2. The number of amides is 2. The van der Waals surface area contributed by atoms with Crippen LogP contribution in [0.25, 0.3) is 0 Å². The first kappa shape index (κ1) is 18.9. The molecule has 0 aliphatic carbocycles. The fourth-order valence-electron chi connectivity index (χ4n) is 1.95. The van der Waals surface area contributed by atoms with Crippen molar-refractivity contribution in [3.05, 3.63) is 65.5 Å². The van der Waals surface area contributed by atoms with Gasteiger partial charge in [0.05, 0.1) is 12.7 Å². The molecule has 0 aliphatic heterocycles. The Kier molecular flexibility index (Phi) is 6.26. The monoisotopic (exact) mass is 360 g/mol. The van der Waals surface area contributed by atoms with Crippen molar-refractivity contribution in [2.75, 3.05) is 7.11 Å². The maximum absolute atomic E-state index is 13.8. The molecule has 0 unspecified atom stereocenters. The summed E-state index contributed by atoms with van der Waals surface area (Å²) >= 11 is 0. The van der Waals surface area contributed by atoms with Crippen LogP contribution in [-0.4, -0.2) is 31.0 Å². The summed E-state index contributed by atoms with van der Waals surface area (Å²) in [5.41, 5.74) is 4.35. The van der Waals surface area contributed by atoms with Gasteiger partial charge in [-0.2, -0.15) is 0 Å². The Morgan fingerprint density at radius 3 is 2.35 bits per heavy atom. The molecule has 2 aromatic rings. The van der Waals surface area contributed by atoms with Crippen LogP contribution in [-0.2, 0) is 9.53 Å². The quantitative estimate of drug-likeness (QED) is 0.627. The molecular weight excluding hydrogens is 343 g/mol. The SMILES string of the molecule is COc1ccc(C(=O)O[C@H](C)C(=O)NNC(=O)c2ccccc2)c(F)c1. The van der Waals surface area contributed by atoms with Gasteiger partial charge in [0.15, 0.2) is 6.10 Å². The van der Waals surface area contributed by atoms with E-state index >= 15 is 0 Å². The van der Waals surface area contributed by atoms with Crippen LogP contribution in [0.1, 0.15) is 27.6 Å². The van der Waals surface area contributed by atoms with Crippen molar-refractivity contribution in [1.29, 1.82) is 0 Å². The molecule has 7 nitrogen and oxygen atoms in total. The summed E-state index contributed by atoms with van der Waals surface area (Å²) in [4.78, 5) is 35.7. The molecule has 0 bridgehead atoms. The van der Waals surface area contributed by atoms with E-state index in [0.717, 1.165) is 6.07 Å². The fraction of sp³-hybridized carbons (Fsp3) is 0.167. The Morgan fingerprint density at radius 1 is 1.04 bits per heavy atom. The molecular formula is C18H17FN2O5. The first-order valence-electron chi connectivity index (χ1n) is 7.62. The van der Waals surface area contributed by atoms with Crippen LogP contribution in [0.4, 0.5) is 4.39 Å². The van der Waals surface area contributed by atoms with Gasteiger partial charge in [-0.05, 0) is 31.2 Å². The number of hydrogen-bond acceptors (Lipinski definition) is 5. The topological polar surface area (TPSA) is 93.7 Å². The first-order chi connectivity index (χ1) is 12.4. The normalized spacial score (nSPS) is 11.2. The highest BCUT2D eigenvalue weighted by Crippen LogP contribution is 2.17. The van der Waals surface area contributed by atoms with Gasteiger partial charge in [-0.3, -0.25) is 20.4 Å². The summed E-state index contributed by atoms with van der Waals surface area (Å²) in [6.07, 6.45) is -1.25. The van der Waals surface area contributed by atoms with E-state index in [9.17, 15) is 18.8 Å². The number of ether oxygens (including phenoxy) is 2. The number of methoxy groups -OCH3 is 1. The molecule has 2 rings (SSSR count). The molecule has 8 heteroatoms. The summed E-state index contributed by atoms with van der Waals surface area (Å²) in [7, 11) is 1.36. The van der Waals surface area contributed by atoms with Gasteiger partial charge in [0.2, 0.25) is 0 Å². The van der Waals surface area contributed by atoms with Crippen LogP contribution in [0.5, 0.6) is 5.75 Å². The van der Waals surface area contributed by atoms with Crippen LogP contribution in [0.3, 0.4) is 0 Å². The summed E-state index contributed by atoms with van der Waals surface area (Å²) in [5, 5.41) is 0. The molecule has 136 valence electrons. The highest BCUT2D eigenvalue weighted by atomic mass is 19.1. The number of carbonyl (C=O) groups is 3. The van der Waals surface area contributed by atoms with E-state index < -0.39 is 29.7 Å². The molecule has 0 saturated carbocycles. The Morgan fingerprint density at radius 2 is 1.73 bits per heavy atom. The molecule has 0 heterocycles. The summed E-state index contributed by atoms with van der Waals surface area (Å²) < 4.78 is 23.6. The summed E-state index contributed by atoms with van der Waals surface area (Å²) in [6.45, 7) is 1.29. The van der Waals surface area contributed by atoms with E-state index in [1.54, 1.807) is 30.3 Å². The summed E-state index contributed by atoms with van der Waals surface area (Å²) in [5.74, 6) is -2.90. The Balaban J connectivity index is 1.90. The van der Waals surface area contributed by atoms with Crippen molar-refractivity contribution in [3.63, 3.8) is 0 Å². The molecule has 0 fully saturated rings. The minimum absolute atomic E-state index is 0.244. The zero-order valence-electron chi connectivity index (χ0n) is 14.1. The standard InChI is InChI=1S/C18H17FN2O5/c1-11(16(22)20-21-17(23)12-6-4-3-5-7-12)26-18(24)14-9-8-13(25-2)10-15(14)19/h3-11H,1-2H3,(H,20,22)(H,21,23)/t11-/m1/s1. The van der Waals surface area contributed by atoms with Crippen molar-refractivity contribution < 1.29 is 28.2 Å². The lowest BCUT2D eigenvalue weighted by atomic mass is 10.2. The number of hydrogen-bond donors (Lipinski definition) is 2. The van der Waals surface area contributed by atoms with Crippen LogP contribution >= 0.6 is 0 Å². The van der Waals surface area contributed by atoms with E-state index in [4.69, 9.17) is 9.47 Å². The predicted molar refractivity (Wildman–Crippen MR) is 89.9 cm³/mol. The zero-order valence-corrected chi connectivity index (χ0v) is 14.1. The van der Waals surface area contributed by atoms with E-state index in [1.807, 2.05) is 0 Å². The van der Waals surface area contributed by atoms with Crippen LogP contribution in [0.2, 0.25) is 0 Å². The average Bonchev–Trinajstić information content (AvgIpc) is 2.66. The first-order valence-corrected chi connectivity index (χ1v) is 7.62. The number of nitrogens with one attached hydrogen (secondary N) is 2. The Bertz CT molecular complexity index is 810. The second kappa shape index (κ2) is 8.61. The predicted octanol–water partition coefficient (Wildman–Crippen LogP) is 1.84. The smallest absolute Gasteiger partial charge is 0.341 e. The minimum atomic E-state index is -1.25. The van der Waals surface area contributed by atoms with Gasteiger partial charge in [-0.25, -0.2) is 9.18 Å². The minimum Gasteiger partial charge on any atom is -0.497 e. The van der Waals surface area contributed by atoms with Gasteiger partial charge < -0.3 is 9.47 Å². The molecule has 26 heavy (non-hydrogen) atoms. The van der Waals surface area contributed by atoms with E-state index in [-0.39, 0.29) is 11.3 Å². The van der Waals surface area contributed by atoms with Crippen LogP contribution in [0.15, 0.2) is 48.5 Å². The molecule has 0 saturated heterocycles. The highest BCUT2D eigenvalue weighted by Gasteiger charge is 2.22. The lowest BCUT2D eigenvalue weighted by Gasteiger charge is -2.14. The largest absolute Gasteiger partial charge is 0.497 e. The molecule has 0 aliphatic rings. The van der Waals surface area contributed by atoms with Crippen molar-refractivity contribution >= 4 is 17.8 Å². The van der Waals surface area contributed by atoms with Gasteiger partial charge >= 0.3 is 5.97 Å². The van der Waals surface area contributed by atoms with Crippen molar-refractivity contribution in [2.45, 2.75) is 13.0 Å². The van der Waals surface area contributed by atoms with Crippen LogP contribution < -0.4 is 15.6 Å². The van der Waals surface area contributed by atoms with Crippen LogP contribution in [0, 0.1) is 5.82 Å². The van der Waals surface area contributed by atoms with Gasteiger partial charge in [-0.15, -0.1) is 0 Å². The van der Waals surface area contributed by atoms with Crippen molar-refractivity contribution in [3.8, 4) is 5.75 Å². The molecule has 2 aromatic carbocycles. The second-order valence-electron chi connectivity index (χ2n) is 5.20. The van der Waals surface area contributed by atoms with E-state index in [2.05, 4.69) is 10.9 Å². The zero-order chi connectivity index (χ0) is 19.1. The Hall–Kier alpha value is -3.42. The summed E-state index contributed by atoms with van der Waals surface area (Å²) in [6, 6.07) is 11.8. The molecule has 0 spiro atoms. The van der Waals surface area contributed by atoms with E-state index in [0.29, 0.717) is 5.56 Å². The highest BCUT2D eigenvalue weighted by molar-refractivity contribution is 5.96. The molecule has 2 N–H and O–H groups in total. The number of esters is 1. The van der Waals surface area contributed by atoms with Gasteiger partial charge in [-0.1, -0.05) is 18.2 Å². The number of halogens is 1. The van der Waals surface area contributed by atoms with Crippen molar-refractivity contribution in [2.24, 2.45) is 0 Å². The second-order valence-corrected chi connectivity index (χ2v) is 5.20. The Labute approximate surface area is 149 Å².